The van der Waals surface area contributed by atoms with Crippen LogP contribution in [-0.4, -0.2) is 40.8 Å². The highest BCUT2D eigenvalue weighted by molar-refractivity contribution is 5.81. The number of fused-ring (bicyclic) bond motifs is 1. The molecule has 100 valence electrons. The zero-order valence-electron chi connectivity index (χ0n) is 10.8. The Morgan fingerprint density at radius 3 is 2.58 bits per heavy atom. The summed E-state index contributed by atoms with van der Waals surface area (Å²) in [6.07, 6.45) is 0. The summed E-state index contributed by atoms with van der Waals surface area (Å²) in [5, 5.41) is 12.0. The van der Waals surface area contributed by atoms with Crippen LogP contribution in [0.4, 0.5) is 5.82 Å². The Hall–Kier alpha value is -2.21. The van der Waals surface area contributed by atoms with Gasteiger partial charge in [0.2, 0.25) is 0 Å². The van der Waals surface area contributed by atoms with Crippen LogP contribution < -0.4 is 5.32 Å². The highest BCUT2D eigenvalue weighted by Gasteiger charge is 2.19. The molecule has 1 atom stereocenters. The third kappa shape index (κ3) is 2.79. The molecule has 0 aliphatic carbocycles. The zero-order chi connectivity index (χ0) is 13.8. The first-order chi connectivity index (χ1) is 9.15. The minimum Gasteiger partial charge on any atom is -0.467 e. The molecule has 0 aliphatic heterocycles. The van der Waals surface area contributed by atoms with Crippen LogP contribution in [0.2, 0.25) is 0 Å². The zero-order valence-corrected chi connectivity index (χ0v) is 10.8. The van der Waals surface area contributed by atoms with E-state index < -0.39 is 12.0 Å². The van der Waals surface area contributed by atoms with Gasteiger partial charge in [0.15, 0.2) is 0 Å². The van der Waals surface area contributed by atoms with Gasteiger partial charge in [0.25, 0.3) is 0 Å². The SMILES string of the molecule is COC(=O)C(CO)Nc1nc2ccccc2nc1C. The van der Waals surface area contributed by atoms with E-state index in [1.165, 1.54) is 7.11 Å². The van der Waals surface area contributed by atoms with E-state index in [1.807, 2.05) is 24.3 Å². The van der Waals surface area contributed by atoms with Gasteiger partial charge in [0.1, 0.15) is 11.9 Å². The quantitative estimate of drug-likeness (QED) is 0.795. The van der Waals surface area contributed by atoms with E-state index in [9.17, 15) is 9.90 Å². The molecule has 19 heavy (non-hydrogen) atoms. The number of para-hydroxylation sites is 2. The average Bonchev–Trinajstić information content (AvgIpc) is 2.44. The van der Waals surface area contributed by atoms with Crippen molar-refractivity contribution >= 4 is 22.8 Å². The predicted octanol–water partition coefficient (Wildman–Crippen LogP) is 0.884. The molecule has 0 amide bonds. The van der Waals surface area contributed by atoms with Gasteiger partial charge in [0, 0.05) is 0 Å². The van der Waals surface area contributed by atoms with Crippen LogP contribution in [0.5, 0.6) is 0 Å². The molecule has 6 nitrogen and oxygen atoms in total. The Bertz CT molecular complexity index is 601. The van der Waals surface area contributed by atoms with E-state index in [0.29, 0.717) is 11.5 Å². The normalized spacial score (nSPS) is 12.2. The fraction of sp³-hybridized carbons (Fsp3) is 0.308. The summed E-state index contributed by atoms with van der Waals surface area (Å²) in [4.78, 5) is 20.2. The van der Waals surface area contributed by atoms with Gasteiger partial charge in [-0.1, -0.05) is 12.1 Å². The fourth-order valence-electron chi connectivity index (χ4n) is 1.71. The van der Waals surface area contributed by atoms with E-state index in [0.717, 1.165) is 11.0 Å². The van der Waals surface area contributed by atoms with Gasteiger partial charge in [-0.2, -0.15) is 0 Å². The van der Waals surface area contributed by atoms with Crippen molar-refractivity contribution in [3.8, 4) is 0 Å². The minimum atomic E-state index is -0.848. The second kappa shape index (κ2) is 5.62. The van der Waals surface area contributed by atoms with E-state index in [-0.39, 0.29) is 6.61 Å². The second-order valence-corrected chi connectivity index (χ2v) is 4.05. The Morgan fingerprint density at radius 2 is 2.00 bits per heavy atom. The number of hydrogen-bond acceptors (Lipinski definition) is 6. The number of methoxy groups -OCH3 is 1. The van der Waals surface area contributed by atoms with Crippen LogP contribution in [-0.2, 0) is 9.53 Å². The molecule has 0 aliphatic rings. The Morgan fingerprint density at radius 1 is 1.37 bits per heavy atom. The molecule has 0 fully saturated rings. The van der Waals surface area contributed by atoms with Gasteiger partial charge < -0.3 is 15.2 Å². The molecule has 0 saturated heterocycles. The first-order valence-electron chi connectivity index (χ1n) is 5.84. The maximum absolute atomic E-state index is 11.4. The topological polar surface area (TPSA) is 84.3 Å². The van der Waals surface area contributed by atoms with Crippen LogP contribution in [0, 0.1) is 6.92 Å². The molecule has 1 unspecified atom stereocenters. The number of aliphatic hydroxyl groups excluding tert-OH is 1. The maximum atomic E-state index is 11.4. The number of aromatic nitrogens is 2. The van der Waals surface area contributed by atoms with E-state index in [1.54, 1.807) is 6.92 Å². The number of nitrogens with one attached hydrogen (secondary N) is 1. The standard InChI is InChI=1S/C13H15N3O3/c1-8-12(16-11(7-17)13(18)19-2)15-10-6-4-3-5-9(10)14-8/h3-6,11,17H,7H2,1-2H3,(H,15,16). The molecular weight excluding hydrogens is 246 g/mol. The molecule has 0 saturated carbocycles. The lowest BCUT2D eigenvalue weighted by atomic mass is 10.2. The molecule has 0 radical (unpaired) electrons. The lowest BCUT2D eigenvalue weighted by Gasteiger charge is -2.15. The van der Waals surface area contributed by atoms with Gasteiger partial charge in [-0.05, 0) is 19.1 Å². The molecule has 0 bridgehead atoms. The summed E-state index contributed by atoms with van der Waals surface area (Å²) in [5.74, 6) is -0.0833. The molecule has 2 rings (SSSR count). The van der Waals surface area contributed by atoms with Crippen molar-refractivity contribution in [1.29, 1.82) is 0 Å². The van der Waals surface area contributed by atoms with Crippen LogP contribution >= 0.6 is 0 Å². The lowest BCUT2D eigenvalue weighted by Crippen LogP contribution is -2.34. The van der Waals surface area contributed by atoms with Crippen LogP contribution in [0.1, 0.15) is 5.69 Å². The van der Waals surface area contributed by atoms with Crippen molar-refractivity contribution < 1.29 is 14.6 Å². The lowest BCUT2D eigenvalue weighted by molar-refractivity contribution is -0.142. The van der Waals surface area contributed by atoms with Gasteiger partial charge in [-0.3, -0.25) is 0 Å². The number of hydrogen-bond donors (Lipinski definition) is 2. The fourth-order valence-corrected chi connectivity index (χ4v) is 1.71. The average molecular weight is 261 g/mol. The van der Waals surface area contributed by atoms with Crippen molar-refractivity contribution in [2.45, 2.75) is 13.0 Å². The van der Waals surface area contributed by atoms with E-state index >= 15 is 0 Å². The summed E-state index contributed by atoms with van der Waals surface area (Å²) >= 11 is 0. The third-order valence-electron chi connectivity index (χ3n) is 2.72. The van der Waals surface area contributed by atoms with E-state index in [4.69, 9.17) is 0 Å². The van der Waals surface area contributed by atoms with Crippen molar-refractivity contribution in [3.63, 3.8) is 0 Å². The number of nitrogens with zero attached hydrogens (tertiary/aromatic N) is 2. The second-order valence-electron chi connectivity index (χ2n) is 4.05. The number of carbonyl (C=O) groups is 1. The van der Waals surface area contributed by atoms with Crippen LogP contribution in [0.3, 0.4) is 0 Å². The molecule has 0 spiro atoms. The first-order valence-corrected chi connectivity index (χ1v) is 5.84. The number of aryl methyl sites for hydroxylation is 1. The third-order valence-corrected chi connectivity index (χ3v) is 2.72. The smallest absolute Gasteiger partial charge is 0.330 e. The summed E-state index contributed by atoms with van der Waals surface area (Å²) in [6.45, 7) is 1.41. The number of carbonyl (C=O) groups excluding carboxylic acids is 1. The van der Waals surface area contributed by atoms with Gasteiger partial charge >= 0.3 is 5.97 Å². The van der Waals surface area contributed by atoms with Crippen molar-refractivity contribution in [2.75, 3.05) is 19.0 Å². The van der Waals surface area contributed by atoms with Crippen LogP contribution in [0.15, 0.2) is 24.3 Å². The van der Waals surface area contributed by atoms with Crippen molar-refractivity contribution in [2.24, 2.45) is 0 Å². The van der Waals surface area contributed by atoms with Crippen molar-refractivity contribution in [1.82, 2.24) is 9.97 Å². The van der Waals surface area contributed by atoms with Gasteiger partial charge in [-0.25, -0.2) is 14.8 Å². The number of benzene rings is 1. The molecule has 6 heteroatoms. The monoisotopic (exact) mass is 261 g/mol. The Kier molecular flexibility index (Phi) is 3.91. The van der Waals surface area contributed by atoms with Crippen LogP contribution in [0.25, 0.3) is 11.0 Å². The summed E-state index contributed by atoms with van der Waals surface area (Å²) in [7, 11) is 1.27. The highest BCUT2D eigenvalue weighted by atomic mass is 16.5. The van der Waals surface area contributed by atoms with Crippen molar-refractivity contribution in [3.05, 3.63) is 30.0 Å². The Balaban J connectivity index is 2.34. The number of esters is 1. The summed E-state index contributed by atoms with van der Waals surface area (Å²) < 4.78 is 4.59. The molecule has 2 aromatic rings. The molecule has 1 aromatic carbocycles. The molecule has 2 N–H and O–H groups in total. The predicted molar refractivity (Wildman–Crippen MR) is 70.8 cm³/mol. The maximum Gasteiger partial charge on any atom is 0.330 e. The number of ether oxygens (including phenoxy) is 1. The number of aliphatic hydroxyl groups is 1. The van der Waals surface area contributed by atoms with Gasteiger partial charge in [-0.15, -0.1) is 0 Å². The molecule has 1 aromatic heterocycles. The summed E-state index contributed by atoms with van der Waals surface area (Å²) in [6, 6.07) is 6.59. The first kappa shape index (κ1) is 13.2. The summed E-state index contributed by atoms with van der Waals surface area (Å²) in [5.41, 5.74) is 2.15. The van der Waals surface area contributed by atoms with E-state index in [2.05, 4.69) is 20.0 Å². The number of anilines is 1. The highest BCUT2D eigenvalue weighted by Crippen LogP contribution is 2.16. The number of rotatable bonds is 4. The molecular formula is C13H15N3O3. The van der Waals surface area contributed by atoms with Gasteiger partial charge in [0.05, 0.1) is 30.4 Å². The molecule has 1 heterocycles. The Labute approximate surface area is 110 Å². The minimum absolute atomic E-state index is 0.374. The largest absolute Gasteiger partial charge is 0.467 e.